The molecule has 17 aromatic carbocycles. The smallest absolute Gasteiger partial charge is 0.00137 e. The molecule has 428 valence electrons. The van der Waals surface area contributed by atoms with Gasteiger partial charge in [-0.25, -0.2) is 0 Å². The molecule has 0 saturated carbocycles. The highest BCUT2D eigenvalue weighted by Gasteiger charge is 2.37. The number of hydrogen-bond donors (Lipinski definition) is 0. The normalized spacial score (nSPS) is 12.1. The first kappa shape index (κ1) is 52.5. The molecule has 0 radical (unpaired) electrons. The van der Waals surface area contributed by atoms with Crippen LogP contribution in [0.5, 0.6) is 0 Å². The summed E-state index contributed by atoms with van der Waals surface area (Å²) < 4.78 is 0. The molecule has 17 aromatic rings. The minimum absolute atomic E-state index is 1.21. The first-order chi connectivity index (χ1) is 45.4. The molecular weight excluding hydrogens is 1110 g/mol. The standard InChI is InChI=1S/C92H60/c1-53-73-69-49-45-65-67-47-51-71-75-55(3)79-80(84(60-35-19-8-20-36-60)88(64-43-27-12-28-44-64)87(63-41-25-11-26-42-63)83(79)59-33-17-7-18-34-59)56(4)76(75)72-52-48-68(90(67)92(71)72)66-46-50-70(91(69)89(65)66)74(73)54(2)78-77(53)81(57-29-13-5-14-30-57)85(61-37-21-9-22-38-61)86(62-39-23-10-24-40-62)82(78)58-31-15-6-16-32-58/h5-52H,1-4H3. The molecule has 0 bridgehead atoms. The van der Waals surface area contributed by atoms with Gasteiger partial charge >= 0.3 is 0 Å². The number of aryl methyl sites for hydroxylation is 4. The Labute approximate surface area is 536 Å². The third kappa shape index (κ3) is 7.18. The van der Waals surface area contributed by atoms with Crippen molar-refractivity contribution >= 4 is 64.6 Å². The van der Waals surface area contributed by atoms with Crippen LogP contribution in [0.3, 0.4) is 0 Å². The average Bonchev–Trinajstić information content (AvgIpc) is 1.35. The van der Waals surface area contributed by atoms with Crippen LogP contribution in [0.15, 0.2) is 291 Å². The first-order valence-corrected chi connectivity index (χ1v) is 32.4. The van der Waals surface area contributed by atoms with E-state index in [2.05, 4.69) is 319 Å². The Hall–Kier alpha value is -11.4. The van der Waals surface area contributed by atoms with Crippen molar-refractivity contribution in [3.8, 4) is 134 Å². The van der Waals surface area contributed by atoms with Crippen molar-refractivity contribution in [2.24, 2.45) is 0 Å². The van der Waals surface area contributed by atoms with Crippen LogP contribution in [0.2, 0.25) is 0 Å². The van der Waals surface area contributed by atoms with Crippen LogP contribution >= 0.6 is 0 Å². The lowest BCUT2D eigenvalue weighted by molar-refractivity contribution is 1.46. The second-order valence-corrected chi connectivity index (χ2v) is 25.6. The molecule has 0 N–H and O–H groups in total. The van der Waals surface area contributed by atoms with Gasteiger partial charge in [0, 0.05) is 0 Å². The Bertz CT molecular complexity index is 5200. The summed E-state index contributed by atoms with van der Waals surface area (Å²) in [5.74, 6) is 0. The van der Waals surface area contributed by atoms with E-state index >= 15 is 0 Å². The summed E-state index contributed by atoms with van der Waals surface area (Å²) in [6.45, 7) is 9.70. The molecule has 0 nitrogen and oxygen atoms in total. The molecule has 0 aliphatic heterocycles. The van der Waals surface area contributed by atoms with E-state index in [-0.39, 0.29) is 0 Å². The molecule has 0 unspecified atom stereocenters. The van der Waals surface area contributed by atoms with Crippen molar-refractivity contribution < 1.29 is 0 Å². The van der Waals surface area contributed by atoms with Gasteiger partial charge in [-0.1, -0.05) is 291 Å². The number of rotatable bonds is 8. The summed E-state index contributed by atoms with van der Waals surface area (Å²) in [7, 11) is 0. The van der Waals surface area contributed by atoms with Crippen LogP contribution in [0.1, 0.15) is 22.3 Å². The lowest BCUT2D eigenvalue weighted by Gasteiger charge is -2.28. The van der Waals surface area contributed by atoms with E-state index in [0.717, 1.165) is 0 Å². The van der Waals surface area contributed by atoms with Gasteiger partial charge in [0.05, 0.1) is 0 Å². The van der Waals surface area contributed by atoms with Gasteiger partial charge in [-0.05, 0) is 248 Å². The molecule has 0 fully saturated rings. The lowest BCUT2D eigenvalue weighted by Crippen LogP contribution is -2.02. The highest BCUT2D eigenvalue weighted by molar-refractivity contribution is 6.41. The van der Waals surface area contributed by atoms with Crippen LogP contribution in [0.25, 0.3) is 198 Å². The summed E-state index contributed by atoms with van der Waals surface area (Å²) in [6.07, 6.45) is 0. The van der Waals surface area contributed by atoms with Crippen LogP contribution in [-0.4, -0.2) is 0 Å². The molecule has 2 aliphatic rings. The molecule has 92 heavy (non-hydrogen) atoms. The van der Waals surface area contributed by atoms with E-state index < -0.39 is 0 Å². The Kier molecular flexibility index (Phi) is 11.4. The van der Waals surface area contributed by atoms with E-state index in [9.17, 15) is 0 Å². The monoisotopic (exact) mass is 1160 g/mol. The third-order valence-corrected chi connectivity index (χ3v) is 21.0. The van der Waals surface area contributed by atoms with E-state index in [4.69, 9.17) is 0 Å². The summed E-state index contributed by atoms with van der Waals surface area (Å²) in [6, 6.07) is 109. The van der Waals surface area contributed by atoms with Gasteiger partial charge in [0.1, 0.15) is 0 Å². The lowest BCUT2D eigenvalue weighted by atomic mass is 9.75. The molecule has 0 amide bonds. The summed E-state index contributed by atoms with van der Waals surface area (Å²) in [4.78, 5) is 0. The molecule has 2 aliphatic carbocycles. The van der Waals surface area contributed by atoms with Crippen molar-refractivity contribution in [1.29, 1.82) is 0 Å². The number of benzene rings is 17. The molecule has 0 heteroatoms. The van der Waals surface area contributed by atoms with Gasteiger partial charge < -0.3 is 0 Å². The van der Waals surface area contributed by atoms with Gasteiger partial charge in [0.15, 0.2) is 0 Å². The fourth-order valence-electron chi connectivity index (χ4n) is 17.5. The van der Waals surface area contributed by atoms with Crippen LogP contribution in [0.4, 0.5) is 0 Å². The highest BCUT2D eigenvalue weighted by atomic mass is 14.4. The zero-order chi connectivity index (χ0) is 61.0. The van der Waals surface area contributed by atoms with Crippen molar-refractivity contribution in [3.63, 3.8) is 0 Å². The third-order valence-electron chi connectivity index (χ3n) is 21.0. The van der Waals surface area contributed by atoms with E-state index in [0.29, 0.717) is 0 Å². The van der Waals surface area contributed by atoms with Gasteiger partial charge in [-0.2, -0.15) is 0 Å². The zero-order valence-electron chi connectivity index (χ0n) is 51.7. The first-order valence-electron chi connectivity index (χ1n) is 32.4. The molecule has 0 spiro atoms. The molecule has 0 aromatic heterocycles. The van der Waals surface area contributed by atoms with Crippen LogP contribution < -0.4 is 0 Å². The van der Waals surface area contributed by atoms with Gasteiger partial charge in [0.2, 0.25) is 0 Å². The molecule has 0 heterocycles. The van der Waals surface area contributed by atoms with Crippen LogP contribution in [0, 0.1) is 27.7 Å². The molecular formula is C92H60. The van der Waals surface area contributed by atoms with Crippen molar-refractivity contribution in [2.45, 2.75) is 27.7 Å². The maximum absolute atomic E-state index is 2.49. The Morgan fingerprint density at radius 2 is 0.293 bits per heavy atom. The Morgan fingerprint density at radius 3 is 0.467 bits per heavy atom. The largest absolute Gasteiger partial charge is 0.0622 e. The molecule has 0 saturated heterocycles. The van der Waals surface area contributed by atoms with E-state index in [1.54, 1.807) is 0 Å². The van der Waals surface area contributed by atoms with Gasteiger partial charge in [0.25, 0.3) is 0 Å². The number of fused-ring (bicyclic) bond motifs is 10. The fourth-order valence-corrected chi connectivity index (χ4v) is 17.5. The quantitative estimate of drug-likeness (QED) is 0.105. The van der Waals surface area contributed by atoms with Crippen molar-refractivity contribution in [1.82, 2.24) is 0 Å². The SMILES string of the molecule is Cc1c2c(c(C)c3c(-c4ccccc4)c(-c4ccccc4)c(-c4ccccc4)c(-c4ccccc4)c13)-c1ccc3c4ccc5c6c(ccc(c7ccc-2c1c73)c64)-c1c-5c(C)c2c(-c3ccccc3)c(-c3ccccc3)c(-c3ccccc3)c(-c3ccccc3)c2c1C. The topological polar surface area (TPSA) is 0 Å². The summed E-state index contributed by atoms with van der Waals surface area (Å²) in [5.41, 5.74) is 35.7. The average molecular weight is 1170 g/mol. The fraction of sp³-hybridized carbons (Fsp3) is 0.0435. The highest BCUT2D eigenvalue weighted by Crippen LogP contribution is 2.63. The van der Waals surface area contributed by atoms with Gasteiger partial charge in [-0.15, -0.1) is 0 Å². The predicted molar refractivity (Wildman–Crippen MR) is 394 cm³/mol. The molecule has 0 atom stereocenters. The maximum Gasteiger partial charge on any atom is -0.00137 e. The minimum atomic E-state index is 1.21. The zero-order valence-corrected chi connectivity index (χ0v) is 51.7. The number of hydrogen-bond acceptors (Lipinski definition) is 0. The van der Waals surface area contributed by atoms with Crippen LogP contribution in [-0.2, 0) is 0 Å². The van der Waals surface area contributed by atoms with E-state index in [1.165, 1.54) is 220 Å². The summed E-state index contributed by atoms with van der Waals surface area (Å²) >= 11 is 0. The summed E-state index contributed by atoms with van der Waals surface area (Å²) in [5, 5.41) is 15.9. The Morgan fingerprint density at radius 1 is 0.130 bits per heavy atom. The maximum atomic E-state index is 2.49. The van der Waals surface area contributed by atoms with Crippen molar-refractivity contribution in [2.75, 3.05) is 0 Å². The Balaban J connectivity index is 0.913. The van der Waals surface area contributed by atoms with E-state index in [1.807, 2.05) is 0 Å². The van der Waals surface area contributed by atoms with Crippen molar-refractivity contribution in [3.05, 3.63) is 313 Å². The minimum Gasteiger partial charge on any atom is -0.0622 e. The second kappa shape index (κ2) is 20.0. The molecule has 19 rings (SSSR count). The second-order valence-electron chi connectivity index (χ2n) is 25.6. The predicted octanol–water partition coefficient (Wildman–Crippen LogP) is 25.9. The van der Waals surface area contributed by atoms with Gasteiger partial charge in [-0.3, -0.25) is 0 Å².